The number of benzene rings is 1. The quantitative estimate of drug-likeness (QED) is 0.841. The zero-order valence-corrected chi connectivity index (χ0v) is 11.0. The third-order valence-corrected chi connectivity index (χ3v) is 3.85. The summed E-state index contributed by atoms with van der Waals surface area (Å²) < 4.78 is 1.79. The summed E-state index contributed by atoms with van der Waals surface area (Å²) >= 11 is 0. The zero-order valence-electron chi connectivity index (χ0n) is 11.0. The van der Waals surface area contributed by atoms with Crippen molar-refractivity contribution in [3.8, 4) is 0 Å². The number of carbonyl (C=O) groups excluding carboxylic acids is 1. The predicted octanol–water partition coefficient (Wildman–Crippen LogP) is 2.14. The Morgan fingerprint density at radius 3 is 3.11 bits per heavy atom. The van der Waals surface area contributed by atoms with Crippen LogP contribution in [0.25, 0.3) is 0 Å². The van der Waals surface area contributed by atoms with E-state index in [0.29, 0.717) is 6.42 Å². The number of aromatic nitrogens is 3. The first-order valence-corrected chi connectivity index (χ1v) is 6.76. The maximum Gasteiger partial charge on any atom is 0.147 e. The van der Waals surface area contributed by atoms with E-state index in [1.807, 2.05) is 19.1 Å². The molecule has 3 rings (SSSR count). The van der Waals surface area contributed by atoms with Crippen LogP contribution in [0.5, 0.6) is 0 Å². The van der Waals surface area contributed by atoms with E-state index in [1.54, 1.807) is 4.68 Å². The van der Waals surface area contributed by atoms with Crippen LogP contribution in [0.15, 0.2) is 30.6 Å². The molecule has 98 valence electrons. The van der Waals surface area contributed by atoms with Crippen LogP contribution < -0.4 is 0 Å². The highest BCUT2D eigenvalue weighted by atomic mass is 16.1. The summed E-state index contributed by atoms with van der Waals surface area (Å²) in [5, 5.41) is 4.11. The number of hydrogen-bond donors (Lipinski definition) is 0. The average Bonchev–Trinajstić information content (AvgIpc) is 3.04. The van der Waals surface area contributed by atoms with Gasteiger partial charge in [-0.1, -0.05) is 24.3 Å². The van der Waals surface area contributed by atoms with Crippen molar-refractivity contribution in [1.82, 2.24) is 14.8 Å². The summed E-state index contributed by atoms with van der Waals surface area (Å²) in [7, 11) is 0. The van der Waals surface area contributed by atoms with Crippen molar-refractivity contribution in [1.29, 1.82) is 0 Å². The Labute approximate surface area is 112 Å². The van der Waals surface area contributed by atoms with Gasteiger partial charge in [0, 0.05) is 12.5 Å². The Morgan fingerprint density at radius 2 is 2.26 bits per heavy atom. The van der Waals surface area contributed by atoms with Crippen molar-refractivity contribution in [2.75, 3.05) is 0 Å². The molecule has 0 bridgehead atoms. The van der Waals surface area contributed by atoms with E-state index < -0.39 is 0 Å². The fourth-order valence-corrected chi connectivity index (χ4v) is 2.86. The number of hydrogen-bond acceptors (Lipinski definition) is 3. The maximum absolute atomic E-state index is 12.5. The van der Waals surface area contributed by atoms with Crippen molar-refractivity contribution in [2.45, 2.75) is 38.6 Å². The van der Waals surface area contributed by atoms with Crippen LogP contribution in [0.1, 0.15) is 36.2 Å². The minimum atomic E-state index is 0.0400. The molecule has 0 aliphatic heterocycles. The second-order valence-corrected chi connectivity index (χ2v) is 4.93. The lowest BCUT2D eigenvalue weighted by Crippen LogP contribution is -2.16. The number of fused-ring (bicyclic) bond motifs is 1. The van der Waals surface area contributed by atoms with Gasteiger partial charge >= 0.3 is 0 Å². The molecule has 1 aliphatic carbocycles. The SMILES string of the molecule is CCn1ncnc1CC(=O)C1CCc2ccccc21. The highest BCUT2D eigenvalue weighted by Crippen LogP contribution is 2.34. The van der Waals surface area contributed by atoms with Gasteiger partial charge in [0.2, 0.25) is 0 Å². The Bertz CT molecular complexity index is 603. The molecule has 1 atom stereocenters. The number of rotatable bonds is 4. The minimum absolute atomic E-state index is 0.0400. The molecule has 0 spiro atoms. The first-order valence-electron chi connectivity index (χ1n) is 6.76. The second kappa shape index (κ2) is 4.96. The summed E-state index contributed by atoms with van der Waals surface area (Å²) in [5.74, 6) is 1.07. The molecular weight excluding hydrogens is 238 g/mol. The summed E-state index contributed by atoms with van der Waals surface area (Å²) in [5.41, 5.74) is 2.52. The molecule has 0 fully saturated rings. The molecule has 0 saturated carbocycles. The lowest BCUT2D eigenvalue weighted by atomic mass is 9.95. The first kappa shape index (κ1) is 12.1. The predicted molar refractivity (Wildman–Crippen MR) is 71.9 cm³/mol. The van der Waals surface area contributed by atoms with Crippen LogP contribution >= 0.6 is 0 Å². The van der Waals surface area contributed by atoms with Gasteiger partial charge < -0.3 is 0 Å². The average molecular weight is 255 g/mol. The van der Waals surface area contributed by atoms with Crippen LogP contribution in [0, 0.1) is 0 Å². The molecule has 4 heteroatoms. The van der Waals surface area contributed by atoms with Crippen LogP contribution in [0.3, 0.4) is 0 Å². The van der Waals surface area contributed by atoms with Crippen molar-refractivity contribution in [3.63, 3.8) is 0 Å². The third-order valence-electron chi connectivity index (χ3n) is 3.85. The summed E-state index contributed by atoms with van der Waals surface area (Å²) in [6.07, 6.45) is 3.84. The van der Waals surface area contributed by atoms with E-state index in [-0.39, 0.29) is 11.7 Å². The monoisotopic (exact) mass is 255 g/mol. The van der Waals surface area contributed by atoms with Gasteiger partial charge in [0.15, 0.2) is 0 Å². The van der Waals surface area contributed by atoms with Gasteiger partial charge in [0.1, 0.15) is 17.9 Å². The fourth-order valence-electron chi connectivity index (χ4n) is 2.86. The van der Waals surface area contributed by atoms with Gasteiger partial charge in [-0.05, 0) is 30.9 Å². The summed E-state index contributed by atoms with van der Waals surface area (Å²) in [4.78, 5) is 16.6. The highest BCUT2D eigenvalue weighted by molar-refractivity contribution is 5.88. The molecule has 0 amide bonds. The molecular formula is C15H17N3O. The van der Waals surface area contributed by atoms with Gasteiger partial charge in [-0.15, -0.1) is 0 Å². The normalized spacial score (nSPS) is 17.4. The molecule has 0 saturated heterocycles. The van der Waals surface area contributed by atoms with Crippen LogP contribution in [0.4, 0.5) is 0 Å². The van der Waals surface area contributed by atoms with Crippen molar-refractivity contribution < 1.29 is 4.79 Å². The summed E-state index contributed by atoms with van der Waals surface area (Å²) in [6, 6.07) is 8.25. The number of nitrogens with zero attached hydrogens (tertiary/aromatic N) is 3. The van der Waals surface area contributed by atoms with Gasteiger partial charge in [-0.2, -0.15) is 5.10 Å². The minimum Gasteiger partial charge on any atom is -0.299 e. The molecule has 4 nitrogen and oxygen atoms in total. The highest BCUT2D eigenvalue weighted by Gasteiger charge is 2.28. The molecule has 19 heavy (non-hydrogen) atoms. The molecule has 1 unspecified atom stereocenters. The molecule has 0 N–H and O–H groups in total. The molecule has 1 aliphatic rings. The number of Topliss-reactive ketones (excluding diaryl/α,β-unsaturated/α-hetero) is 1. The Hall–Kier alpha value is -1.97. The van der Waals surface area contributed by atoms with Crippen molar-refractivity contribution >= 4 is 5.78 Å². The maximum atomic E-state index is 12.5. The van der Waals surface area contributed by atoms with Crippen LogP contribution in [-0.2, 0) is 24.2 Å². The van der Waals surface area contributed by atoms with E-state index in [0.717, 1.165) is 25.2 Å². The Balaban J connectivity index is 1.79. The number of carbonyl (C=O) groups is 1. The Morgan fingerprint density at radius 1 is 1.42 bits per heavy atom. The smallest absolute Gasteiger partial charge is 0.147 e. The second-order valence-electron chi connectivity index (χ2n) is 4.93. The topological polar surface area (TPSA) is 47.8 Å². The first-order chi connectivity index (χ1) is 9.29. The van der Waals surface area contributed by atoms with Gasteiger partial charge in [-0.3, -0.25) is 4.79 Å². The van der Waals surface area contributed by atoms with E-state index in [9.17, 15) is 4.79 Å². The Kier molecular flexibility index (Phi) is 3.15. The van der Waals surface area contributed by atoms with E-state index in [2.05, 4.69) is 22.2 Å². The molecule has 2 aromatic rings. The van der Waals surface area contributed by atoms with E-state index >= 15 is 0 Å². The van der Waals surface area contributed by atoms with Gasteiger partial charge in [-0.25, -0.2) is 9.67 Å². The lowest BCUT2D eigenvalue weighted by molar-refractivity contribution is -0.120. The third kappa shape index (κ3) is 2.18. The van der Waals surface area contributed by atoms with Crippen LogP contribution in [0.2, 0.25) is 0 Å². The van der Waals surface area contributed by atoms with Gasteiger partial charge in [0.25, 0.3) is 0 Å². The zero-order chi connectivity index (χ0) is 13.2. The van der Waals surface area contributed by atoms with Crippen molar-refractivity contribution in [2.24, 2.45) is 0 Å². The van der Waals surface area contributed by atoms with E-state index in [1.165, 1.54) is 17.5 Å². The molecule has 1 aromatic carbocycles. The molecule has 1 heterocycles. The summed E-state index contributed by atoms with van der Waals surface area (Å²) in [6.45, 7) is 2.76. The van der Waals surface area contributed by atoms with Crippen LogP contribution in [-0.4, -0.2) is 20.5 Å². The molecule has 1 aromatic heterocycles. The van der Waals surface area contributed by atoms with Gasteiger partial charge in [0.05, 0.1) is 6.42 Å². The van der Waals surface area contributed by atoms with E-state index in [4.69, 9.17) is 0 Å². The largest absolute Gasteiger partial charge is 0.299 e. The van der Waals surface area contributed by atoms with Crippen molar-refractivity contribution in [3.05, 3.63) is 47.5 Å². The number of aryl methyl sites for hydroxylation is 2. The molecule has 0 radical (unpaired) electrons. The lowest BCUT2D eigenvalue weighted by Gasteiger charge is -2.10. The standard InChI is InChI=1S/C15H17N3O/c1-2-18-15(16-10-17-18)9-14(19)13-8-7-11-5-3-4-6-12(11)13/h3-6,10,13H,2,7-9H2,1H3. The number of ketones is 1. The fraction of sp³-hybridized carbons (Fsp3) is 0.400.